The molecule has 65 heavy (non-hydrogen) atoms. The number of unbranched alkanes of at least 4 members (excludes halogenated alkanes) is 1. The number of nitrogens with one attached hydrogen (secondary N) is 7. The van der Waals surface area contributed by atoms with Crippen molar-refractivity contribution in [2.24, 2.45) is 23.3 Å². The van der Waals surface area contributed by atoms with E-state index in [1.807, 2.05) is 30.3 Å². The Kier molecular flexibility index (Phi) is 22.3. The molecule has 1 fully saturated rings. The van der Waals surface area contributed by atoms with Gasteiger partial charge in [-0.05, 0) is 100 Å². The monoisotopic (exact) mass is 909 g/mol. The molecular formula is C45H67N9O11. The van der Waals surface area contributed by atoms with Crippen molar-refractivity contribution >= 4 is 47.3 Å². The number of carboxylic acids is 1. The number of aliphatic hydroxyl groups excluding tert-OH is 1. The van der Waals surface area contributed by atoms with Crippen LogP contribution in [-0.2, 0) is 51.2 Å². The van der Waals surface area contributed by atoms with Crippen LogP contribution in [0, 0.1) is 11.8 Å². The lowest BCUT2D eigenvalue weighted by Crippen LogP contribution is -2.61. The quantitative estimate of drug-likeness (QED) is 0.0849. The third-order valence-electron chi connectivity index (χ3n) is 11.0. The second-order valence-electron chi connectivity index (χ2n) is 16.8. The maximum Gasteiger partial charge on any atom is 0.326 e. The number of phenols is 1. The van der Waals surface area contributed by atoms with Gasteiger partial charge >= 0.3 is 5.97 Å². The lowest BCUT2D eigenvalue weighted by Gasteiger charge is -2.28. The van der Waals surface area contributed by atoms with Crippen LogP contribution in [0.2, 0.25) is 0 Å². The molecule has 3 rings (SSSR count). The van der Waals surface area contributed by atoms with Gasteiger partial charge in [-0.25, -0.2) is 4.79 Å². The standard InChI is InChI=1S/C45H67N9O11/c1-26(2)37(45(64)65)53-43(62)35-19-20-36(57)49-25-30(23-28-11-5-4-6-12-28)39(58)48-22-10-8-14-34(42(61)54-38(27(3)55)44(63)52-35)51-41(60)33(13-7-9-21-46)50-40(59)32(47)24-29-15-17-31(56)18-16-29/h4-6,11-12,15-18,26-27,30,32-35,37-38,55-56H,7-10,13-14,19-25,46-47H2,1-3H3,(H,48,58)(H,49,57)(H,50,59)(H,51,60)(H,52,63)(H,53,62)(H,54,61)(H,64,65)/t27-,30+,32-,33-,34+,35+,37-,38+/m0/s1. The van der Waals surface area contributed by atoms with Crippen molar-refractivity contribution in [2.75, 3.05) is 19.6 Å². The highest BCUT2D eigenvalue weighted by molar-refractivity contribution is 5.96. The van der Waals surface area contributed by atoms with Gasteiger partial charge < -0.3 is 64.0 Å². The number of aliphatic carboxylic acids is 1. The van der Waals surface area contributed by atoms with Crippen LogP contribution >= 0.6 is 0 Å². The molecule has 2 aromatic rings. The van der Waals surface area contributed by atoms with E-state index in [-0.39, 0.29) is 69.7 Å². The number of carbonyl (C=O) groups excluding carboxylic acids is 7. The van der Waals surface area contributed by atoms with Gasteiger partial charge in [-0.3, -0.25) is 33.6 Å². The Morgan fingerprint density at radius 1 is 0.815 bits per heavy atom. The highest BCUT2D eigenvalue weighted by Crippen LogP contribution is 2.14. The molecule has 1 aliphatic heterocycles. The molecule has 0 unspecified atom stereocenters. The maximum atomic E-state index is 14.1. The van der Waals surface area contributed by atoms with Gasteiger partial charge in [-0.1, -0.05) is 56.3 Å². The van der Waals surface area contributed by atoms with Crippen LogP contribution in [0.3, 0.4) is 0 Å². The molecule has 0 aliphatic carbocycles. The summed E-state index contributed by atoms with van der Waals surface area (Å²) in [6.07, 6.45) is -0.228. The van der Waals surface area contributed by atoms with Crippen LogP contribution in [0.1, 0.15) is 83.3 Å². The number of aliphatic hydroxyl groups is 1. The van der Waals surface area contributed by atoms with Gasteiger partial charge in [0.15, 0.2) is 0 Å². The van der Waals surface area contributed by atoms with Gasteiger partial charge in [0.2, 0.25) is 41.4 Å². The molecule has 20 nitrogen and oxygen atoms in total. The van der Waals surface area contributed by atoms with Crippen molar-refractivity contribution in [3.8, 4) is 5.75 Å². The normalized spacial score (nSPS) is 21.3. The van der Waals surface area contributed by atoms with Crippen molar-refractivity contribution < 1.29 is 53.7 Å². The molecule has 0 spiro atoms. The number of carboxylic acid groups (broad SMARTS) is 1. The third-order valence-corrected chi connectivity index (χ3v) is 11.0. The van der Waals surface area contributed by atoms with Crippen LogP contribution in [-0.4, -0.2) is 125 Å². The average Bonchev–Trinajstić information content (AvgIpc) is 3.26. The SMILES string of the molecule is CC(C)[C@H](NC(=O)[C@H]1CCC(=O)NC[C@@H](Cc2ccccc2)C(=O)NCCCC[C@@H](NC(=O)[C@H](CCCCN)NC(=O)[C@@H](N)Cc2ccc(O)cc2)C(=O)N[C@H]([C@H](C)O)C(=O)N1)C(=O)O. The number of phenolic OH excluding ortho intramolecular Hbond substituents is 1. The van der Waals surface area contributed by atoms with Gasteiger partial charge in [0, 0.05) is 19.5 Å². The van der Waals surface area contributed by atoms with Crippen molar-refractivity contribution in [2.45, 2.75) is 127 Å². The zero-order valence-corrected chi connectivity index (χ0v) is 37.3. The van der Waals surface area contributed by atoms with Gasteiger partial charge in [0.25, 0.3) is 0 Å². The number of amides is 7. The molecule has 0 bridgehead atoms. The summed E-state index contributed by atoms with van der Waals surface area (Å²) in [6, 6.07) is 7.10. The maximum absolute atomic E-state index is 14.1. The van der Waals surface area contributed by atoms with E-state index in [0.717, 1.165) is 5.56 Å². The minimum Gasteiger partial charge on any atom is -0.508 e. The fraction of sp³-hybridized carbons (Fsp3) is 0.556. The first-order valence-electron chi connectivity index (χ1n) is 22.1. The van der Waals surface area contributed by atoms with Crippen molar-refractivity contribution in [3.63, 3.8) is 0 Å². The summed E-state index contributed by atoms with van der Waals surface area (Å²) in [7, 11) is 0. The summed E-state index contributed by atoms with van der Waals surface area (Å²) in [5.41, 5.74) is 13.4. The van der Waals surface area contributed by atoms with Crippen LogP contribution in [0.5, 0.6) is 5.75 Å². The number of hydrogen-bond donors (Lipinski definition) is 12. The van der Waals surface area contributed by atoms with E-state index in [1.165, 1.54) is 19.1 Å². The number of carbonyl (C=O) groups is 8. The van der Waals surface area contributed by atoms with Crippen molar-refractivity contribution in [3.05, 3.63) is 65.7 Å². The van der Waals surface area contributed by atoms with Gasteiger partial charge in [-0.2, -0.15) is 0 Å². The van der Waals surface area contributed by atoms with Crippen LogP contribution < -0.4 is 48.7 Å². The number of aromatic hydroxyl groups is 1. The van der Waals surface area contributed by atoms with E-state index >= 15 is 0 Å². The largest absolute Gasteiger partial charge is 0.508 e. The second-order valence-corrected chi connectivity index (χ2v) is 16.8. The first kappa shape index (κ1) is 53.2. The Bertz CT molecular complexity index is 1900. The van der Waals surface area contributed by atoms with Crippen molar-refractivity contribution in [1.82, 2.24) is 37.2 Å². The summed E-state index contributed by atoms with van der Waals surface area (Å²) in [5, 5.41) is 48.5. The van der Waals surface area contributed by atoms with Crippen LogP contribution in [0.4, 0.5) is 0 Å². The second kappa shape index (κ2) is 27.3. The van der Waals surface area contributed by atoms with E-state index in [9.17, 15) is 53.7 Å². The number of rotatable bonds is 17. The summed E-state index contributed by atoms with van der Waals surface area (Å²) >= 11 is 0. The first-order chi connectivity index (χ1) is 30.9. The molecule has 8 atom stereocenters. The van der Waals surface area contributed by atoms with Gasteiger partial charge in [0.1, 0.15) is 36.0 Å². The highest BCUT2D eigenvalue weighted by Gasteiger charge is 2.35. The molecular weight excluding hydrogens is 843 g/mol. The predicted octanol–water partition coefficient (Wildman–Crippen LogP) is -1.01. The molecule has 2 aromatic carbocycles. The first-order valence-corrected chi connectivity index (χ1v) is 22.1. The molecule has 7 amide bonds. The molecule has 14 N–H and O–H groups in total. The van der Waals surface area contributed by atoms with E-state index < -0.39 is 95.6 Å². The Hall–Kier alpha value is -6.12. The average molecular weight is 910 g/mol. The molecule has 0 aromatic heterocycles. The minimum atomic E-state index is -1.70. The van der Waals surface area contributed by atoms with Gasteiger partial charge in [0.05, 0.1) is 18.1 Å². The zero-order valence-electron chi connectivity index (χ0n) is 37.3. The molecule has 1 saturated heterocycles. The molecule has 20 heteroatoms. The predicted molar refractivity (Wildman–Crippen MR) is 239 cm³/mol. The fourth-order valence-electron chi connectivity index (χ4n) is 7.10. The third kappa shape index (κ3) is 18.5. The Balaban J connectivity index is 1.94. The Morgan fingerprint density at radius 3 is 2.14 bits per heavy atom. The Morgan fingerprint density at radius 2 is 1.51 bits per heavy atom. The minimum absolute atomic E-state index is 0.0221. The lowest BCUT2D eigenvalue weighted by molar-refractivity contribution is -0.144. The van der Waals surface area contributed by atoms with E-state index in [1.54, 1.807) is 26.0 Å². The van der Waals surface area contributed by atoms with Gasteiger partial charge in [-0.15, -0.1) is 0 Å². The Labute approximate surface area is 379 Å². The summed E-state index contributed by atoms with van der Waals surface area (Å²) in [5.74, 6) is -7.77. The zero-order chi connectivity index (χ0) is 48.1. The molecule has 358 valence electrons. The van der Waals surface area contributed by atoms with Crippen LogP contribution in [0.25, 0.3) is 0 Å². The van der Waals surface area contributed by atoms with E-state index in [0.29, 0.717) is 31.4 Å². The van der Waals surface area contributed by atoms with E-state index in [2.05, 4.69) is 37.2 Å². The van der Waals surface area contributed by atoms with E-state index in [4.69, 9.17) is 11.5 Å². The highest BCUT2D eigenvalue weighted by atomic mass is 16.4. The number of nitrogens with two attached hydrogens (primary N) is 2. The molecule has 0 saturated carbocycles. The summed E-state index contributed by atoms with van der Waals surface area (Å²) in [6.45, 7) is 4.76. The number of hydrogen-bond acceptors (Lipinski definition) is 12. The lowest BCUT2D eigenvalue weighted by atomic mass is 9.98. The molecule has 0 radical (unpaired) electrons. The van der Waals surface area contributed by atoms with Crippen molar-refractivity contribution in [1.29, 1.82) is 0 Å². The topological polar surface area (TPSA) is 334 Å². The summed E-state index contributed by atoms with van der Waals surface area (Å²) < 4.78 is 0. The summed E-state index contributed by atoms with van der Waals surface area (Å²) in [4.78, 5) is 108. The smallest absolute Gasteiger partial charge is 0.326 e. The molecule has 1 heterocycles. The molecule has 1 aliphatic rings. The number of benzene rings is 2. The van der Waals surface area contributed by atoms with Crippen LogP contribution in [0.15, 0.2) is 54.6 Å². The fourth-order valence-corrected chi connectivity index (χ4v) is 7.10.